The van der Waals surface area contributed by atoms with E-state index >= 15 is 0 Å². The SMILES string of the molecule is CCNC(=NCCC(=O)N(C)C)NC(C)c1ccc(OCC)c(OCC)c1. The molecule has 1 aromatic carbocycles. The number of aliphatic imine (C=N–C) groups is 1. The van der Waals surface area contributed by atoms with Crippen LogP contribution >= 0.6 is 0 Å². The molecule has 1 aromatic rings. The molecule has 7 nitrogen and oxygen atoms in total. The second kappa shape index (κ2) is 12.0. The quantitative estimate of drug-likeness (QED) is 0.483. The molecule has 0 spiro atoms. The summed E-state index contributed by atoms with van der Waals surface area (Å²) in [5.74, 6) is 2.24. The topological polar surface area (TPSA) is 75.2 Å². The fourth-order valence-electron chi connectivity index (χ4n) is 2.43. The van der Waals surface area contributed by atoms with Crippen molar-refractivity contribution in [2.24, 2.45) is 4.99 Å². The molecular weight excluding hydrogens is 344 g/mol. The van der Waals surface area contributed by atoms with Crippen LogP contribution in [0.2, 0.25) is 0 Å². The van der Waals surface area contributed by atoms with Gasteiger partial charge in [0.15, 0.2) is 17.5 Å². The third-order valence-corrected chi connectivity index (χ3v) is 3.86. The minimum absolute atomic E-state index is 0.0160. The number of amides is 1. The van der Waals surface area contributed by atoms with E-state index in [1.807, 2.05) is 39.0 Å². The van der Waals surface area contributed by atoms with Crippen molar-refractivity contribution in [3.05, 3.63) is 23.8 Å². The summed E-state index contributed by atoms with van der Waals surface area (Å²) in [7, 11) is 3.50. The van der Waals surface area contributed by atoms with Crippen LogP contribution in [0.15, 0.2) is 23.2 Å². The van der Waals surface area contributed by atoms with E-state index in [1.165, 1.54) is 0 Å². The average Bonchev–Trinajstić information content (AvgIpc) is 2.63. The Morgan fingerprint density at radius 3 is 2.41 bits per heavy atom. The van der Waals surface area contributed by atoms with E-state index in [1.54, 1.807) is 19.0 Å². The lowest BCUT2D eigenvalue weighted by Gasteiger charge is -2.20. The van der Waals surface area contributed by atoms with Gasteiger partial charge in [-0.15, -0.1) is 0 Å². The minimum atomic E-state index is 0.0160. The van der Waals surface area contributed by atoms with Crippen molar-refractivity contribution in [1.82, 2.24) is 15.5 Å². The number of nitrogens with one attached hydrogen (secondary N) is 2. The van der Waals surface area contributed by atoms with Gasteiger partial charge in [-0.3, -0.25) is 9.79 Å². The third kappa shape index (κ3) is 7.76. The summed E-state index contributed by atoms with van der Waals surface area (Å²) in [5, 5.41) is 6.59. The largest absolute Gasteiger partial charge is 0.490 e. The highest BCUT2D eigenvalue weighted by Crippen LogP contribution is 2.30. The van der Waals surface area contributed by atoms with Gasteiger partial charge in [-0.25, -0.2) is 0 Å². The Kier molecular flexibility index (Phi) is 10.1. The fourth-order valence-corrected chi connectivity index (χ4v) is 2.43. The van der Waals surface area contributed by atoms with Crippen molar-refractivity contribution in [3.63, 3.8) is 0 Å². The number of carbonyl (C=O) groups excluding carboxylic acids is 1. The van der Waals surface area contributed by atoms with E-state index < -0.39 is 0 Å². The van der Waals surface area contributed by atoms with Crippen LogP contribution in [0, 0.1) is 0 Å². The van der Waals surface area contributed by atoms with Crippen molar-refractivity contribution >= 4 is 11.9 Å². The van der Waals surface area contributed by atoms with Crippen LogP contribution in [-0.2, 0) is 4.79 Å². The number of benzene rings is 1. The van der Waals surface area contributed by atoms with E-state index in [9.17, 15) is 4.79 Å². The Bertz CT molecular complexity index is 617. The molecule has 0 aliphatic carbocycles. The summed E-state index contributed by atoms with van der Waals surface area (Å²) in [5.41, 5.74) is 1.07. The number of rotatable bonds is 10. The van der Waals surface area contributed by atoms with Crippen molar-refractivity contribution in [2.75, 3.05) is 40.4 Å². The normalized spacial score (nSPS) is 12.3. The fraction of sp³-hybridized carbons (Fsp3) is 0.600. The first-order valence-electron chi connectivity index (χ1n) is 9.57. The maximum atomic E-state index is 11.7. The van der Waals surface area contributed by atoms with Gasteiger partial charge in [-0.05, 0) is 45.4 Å². The lowest BCUT2D eigenvalue weighted by Crippen LogP contribution is -2.39. The highest BCUT2D eigenvalue weighted by molar-refractivity contribution is 5.81. The van der Waals surface area contributed by atoms with Crippen LogP contribution in [0.5, 0.6) is 11.5 Å². The van der Waals surface area contributed by atoms with E-state index in [-0.39, 0.29) is 11.9 Å². The van der Waals surface area contributed by atoms with Gasteiger partial charge in [0.1, 0.15) is 0 Å². The van der Waals surface area contributed by atoms with Crippen molar-refractivity contribution in [3.8, 4) is 11.5 Å². The predicted molar refractivity (Wildman–Crippen MR) is 110 cm³/mol. The van der Waals surface area contributed by atoms with Gasteiger partial charge in [0.25, 0.3) is 0 Å². The lowest BCUT2D eigenvalue weighted by atomic mass is 10.1. The Balaban J connectivity index is 2.83. The molecule has 2 N–H and O–H groups in total. The van der Waals surface area contributed by atoms with Crippen molar-refractivity contribution in [2.45, 2.75) is 40.2 Å². The minimum Gasteiger partial charge on any atom is -0.490 e. The highest BCUT2D eigenvalue weighted by Gasteiger charge is 2.12. The Hall–Kier alpha value is -2.44. The van der Waals surface area contributed by atoms with Gasteiger partial charge in [0.05, 0.1) is 25.8 Å². The molecule has 7 heteroatoms. The number of nitrogens with zero attached hydrogens (tertiary/aromatic N) is 2. The summed E-state index contributed by atoms with van der Waals surface area (Å²) < 4.78 is 11.3. The lowest BCUT2D eigenvalue weighted by molar-refractivity contribution is -0.128. The molecule has 0 radical (unpaired) electrons. The number of hydrogen-bond donors (Lipinski definition) is 2. The summed E-state index contributed by atoms with van der Waals surface area (Å²) in [4.78, 5) is 17.8. The molecule has 152 valence electrons. The highest BCUT2D eigenvalue weighted by atomic mass is 16.5. The third-order valence-electron chi connectivity index (χ3n) is 3.86. The maximum Gasteiger partial charge on any atom is 0.223 e. The van der Waals surface area contributed by atoms with Gasteiger partial charge in [-0.2, -0.15) is 0 Å². The zero-order chi connectivity index (χ0) is 20.2. The molecule has 0 aliphatic rings. The zero-order valence-corrected chi connectivity index (χ0v) is 17.5. The molecule has 1 rings (SSSR count). The molecule has 1 atom stereocenters. The smallest absolute Gasteiger partial charge is 0.223 e. The summed E-state index contributed by atoms with van der Waals surface area (Å²) in [6.07, 6.45) is 0.384. The van der Waals surface area contributed by atoms with Crippen LogP contribution < -0.4 is 20.1 Å². The summed E-state index contributed by atoms with van der Waals surface area (Å²) >= 11 is 0. The summed E-state index contributed by atoms with van der Waals surface area (Å²) in [6.45, 7) is 10.3. The first kappa shape index (κ1) is 22.6. The molecule has 0 fully saturated rings. The first-order valence-corrected chi connectivity index (χ1v) is 9.57. The second-order valence-corrected chi connectivity index (χ2v) is 6.24. The van der Waals surface area contributed by atoms with Crippen LogP contribution in [0.3, 0.4) is 0 Å². The molecule has 1 unspecified atom stereocenters. The molecule has 0 bridgehead atoms. The molecule has 0 aliphatic heterocycles. The van der Waals surface area contributed by atoms with Crippen LogP contribution in [0.4, 0.5) is 0 Å². The molecule has 1 amide bonds. The van der Waals surface area contributed by atoms with Gasteiger partial charge < -0.3 is 25.0 Å². The number of ether oxygens (including phenoxy) is 2. The first-order chi connectivity index (χ1) is 12.9. The number of guanidine groups is 1. The van der Waals surface area contributed by atoms with Gasteiger partial charge >= 0.3 is 0 Å². The van der Waals surface area contributed by atoms with E-state index in [0.717, 1.165) is 23.6 Å². The summed E-state index contributed by atoms with van der Waals surface area (Å²) in [6, 6.07) is 5.96. The average molecular weight is 379 g/mol. The van der Waals surface area contributed by atoms with Crippen LogP contribution in [0.25, 0.3) is 0 Å². The number of hydrogen-bond acceptors (Lipinski definition) is 4. The molecule has 0 aromatic heterocycles. The van der Waals surface area contributed by atoms with E-state index in [0.29, 0.717) is 32.1 Å². The molecule has 0 saturated carbocycles. The Labute approximate surface area is 163 Å². The van der Waals surface area contributed by atoms with Crippen molar-refractivity contribution in [1.29, 1.82) is 0 Å². The van der Waals surface area contributed by atoms with Gasteiger partial charge in [-0.1, -0.05) is 6.07 Å². The van der Waals surface area contributed by atoms with E-state index in [2.05, 4.69) is 22.5 Å². The number of carbonyl (C=O) groups is 1. The second-order valence-electron chi connectivity index (χ2n) is 6.24. The maximum absolute atomic E-state index is 11.7. The zero-order valence-electron chi connectivity index (χ0n) is 17.5. The standard InChI is InChI=1S/C20H34N4O3/c1-7-21-20(22-13-12-19(25)24(5)6)23-15(4)16-10-11-17(26-8-2)18(14-16)27-9-3/h10-11,14-15H,7-9,12-13H2,1-6H3,(H2,21,22,23). The monoisotopic (exact) mass is 378 g/mol. The Morgan fingerprint density at radius 2 is 1.81 bits per heavy atom. The van der Waals surface area contributed by atoms with Crippen molar-refractivity contribution < 1.29 is 14.3 Å². The Morgan fingerprint density at radius 1 is 1.15 bits per heavy atom. The van der Waals surface area contributed by atoms with E-state index in [4.69, 9.17) is 9.47 Å². The van der Waals surface area contributed by atoms with Gasteiger partial charge in [0, 0.05) is 27.1 Å². The molecular formula is C20H34N4O3. The van der Waals surface area contributed by atoms with Crippen LogP contribution in [-0.4, -0.2) is 57.2 Å². The van der Waals surface area contributed by atoms with Gasteiger partial charge in [0.2, 0.25) is 5.91 Å². The van der Waals surface area contributed by atoms with Crippen LogP contribution in [0.1, 0.15) is 45.7 Å². The molecule has 0 heterocycles. The predicted octanol–water partition coefficient (Wildman–Crippen LogP) is 2.58. The molecule has 27 heavy (non-hydrogen) atoms. The molecule has 0 saturated heterocycles.